The lowest BCUT2D eigenvalue weighted by Gasteiger charge is -2.15. The molecule has 2 amide bonds. The first kappa shape index (κ1) is 20.0. The quantitative estimate of drug-likeness (QED) is 0.684. The maximum atomic E-state index is 12.9. The van der Waals surface area contributed by atoms with Crippen LogP contribution in [0, 0.1) is 11.3 Å². The van der Waals surface area contributed by atoms with Gasteiger partial charge in [0.2, 0.25) is 5.91 Å². The van der Waals surface area contributed by atoms with Crippen LogP contribution in [0.2, 0.25) is 0 Å². The highest BCUT2D eigenvalue weighted by molar-refractivity contribution is 5.94. The molecule has 2 heterocycles. The number of hydrogen-bond donors (Lipinski definition) is 3. The average Bonchev–Trinajstić information content (AvgIpc) is 3.35. The van der Waals surface area contributed by atoms with E-state index in [2.05, 4.69) is 20.8 Å². The standard InChI is InChI=1S/C18H23F3N4O4/c1-16(3-4-16)23-15(27)29-9-5-12(28-8-9)11-6-13(25-24-11)22-14(26)10-7-17(10,2)18(19,20)21/h6,9-10,12H,3-5,7-8H2,1-2H3,(H,23,27)(H2,22,24,25,26)/t9-,10+,12-,17-/m0/s1. The van der Waals surface area contributed by atoms with Gasteiger partial charge in [-0.1, -0.05) is 6.92 Å². The summed E-state index contributed by atoms with van der Waals surface area (Å²) in [7, 11) is 0. The number of carbonyl (C=O) groups excluding carboxylic acids is 2. The summed E-state index contributed by atoms with van der Waals surface area (Å²) in [5, 5.41) is 11.9. The highest BCUT2D eigenvalue weighted by Gasteiger charge is 2.69. The van der Waals surface area contributed by atoms with E-state index in [0.717, 1.165) is 19.8 Å². The second kappa shape index (κ2) is 6.61. The minimum Gasteiger partial charge on any atom is -0.444 e. The summed E-state index contributed by atoms with van der Waals surface area (Å²) >= 11 is 0. The van der Waals surface area contributed by atoms with E-state index in [4.69, 9.17) is 9.47 Å². The third-order valence-corrected chi connectivity index (χ3v) is 6.03. The van der Waals surface area contributed by atoms with Crippen molar-refractivity contribution in [2.45, 2.75) is 63.5 Å². The molecule has 0 radical (unpaired) electrons. The maximum absolute atomic E-state index is 12.9. The summed E-state index contributed by atoms with van der Waals surface area (Å²) in [5.74, 6) is -1.69. The third kappa shape index (κ3) is 4.05. The molecular weight excluding hydrogens is 393 g/mol. The Morgan fingerprint density at radius 1 is 1.34 bits per heavy atom. The number of H-pyrrole nitrogens is 1. The fourth-order valence-electron chi connectivity index (χ4n) is 3.48. The molecule has 2 saturated carbocycles. The van der Waals surface area contributed by atoms with Crippen molar-refractivity contribution in [2.24, 2.45) is 11.3 Å². The van der Waals surface area contributed by atoms with Crippen LogP contribution in [-0.2, 0) is 14.3 Å². The number of halogens is 3. The minimum absolute atomic E-state index is 0.133. The van der Waals surface area contributed by atoms with Crippen molar-refractivity contribution in [3.8, 4) is 0 Å². The van der Waals surface area contributed by atoms with E-state index in [1.54, 1.807) is 0 Å². The van der Waals surface area contributed by atoms with Gasteiger partial charge in [-0.15, -0.1) is 0 Å². The number of hydrogen-bond acceptors (Lipinski definition) is 5. The lowest BCUT2D eigenvalue weighted by Crippen LogP contribution is -2.37. The molecule has 29 heavy (non-hydrogen) atoms. The van der Waals surface area contributed by atoms with E-state index in [9.17, 15) is 22.8 Å². The molecule has 3 fully saturated rings. The first-order chi connectivity index (χ1) is 13.5. The Balaban J connectivity index is 1.27. The molecule has 8 nitrogen and oxygen atoms in total. The van der Waals surface area contributed by atoms with Crippen molar-refractivity contribution >= 4 is 17.8 Å². The van der Waals surface area contributed by atoms with Gasteiger partial charge in [0.1, 0.15) is 12.2 Å². The number of ether oxygens (including phenoxy) is 2. The molecule has 3 N–H and O–H groups in total. The van der Waals surface area contributed by atoms with E-state index >= 15 is 0 Å². The summed E-state index contributed by atoms with van der Waals surface area (Å²) in [5.41, 5.74) is -1.60. The predicted octanol–water partition coefficient (Wildman–Crippen LogP) is 3.05. The molecule has 160 valence electrons. The number of nitrogens with zero attached hydrogens (tertiary/aromatic N) is 1. The zero-order valence-electron chi connectivity index (χ0n) is 16.1. The zero-order chi connectivity index (χ0) is 21.0. The first-order valence-electron chi connectivity index (χ1n) is 9.52. The van der Waals surface area contributed by atoms with E-state index in [0.29, 0.717) is 12.1 Å². The lowest BCUT2D eigenvalue weighted by molar-refractivity contribution is -0.186. The Morgan fingerprint density at radius 3 is 2.69 bits per heavy atom. The predicted molar refractivity (Wildman–Crippen MR) is 93.8 cm³/mol. The van der Waals surface area contributed by atoms with E-state index in [1.807, 2.05) is 6.92 Å². The van der Waals surface area contributed by atoms with Gasteiger partial charge in [0, 0.05) is 18.0 Å². The molecule has 0 bridgehead atoms. The van der Waals surface area contributed by atoms with Gasteiger partial charge in [-0.3, -0.25) is 9.89 Å². The van der Waals surface area contributed by atoms with Crippen LogP contribution in [0.15, 0.2) is 6.07 Å². The summed E-state index contributed by atoms with van der Waals surface area (Å²) in [4.78, 5) is 24.0. The van der Waals surface area contributed by atoms with Crippen LogP contribution >= 0.6 is 0 Å². The molecule has 11 heteroatoms. The second-order valence-corrected chi connectivity index (χ2v) is 8.64. The van der Waals surface area contributed by atoms with Gasteiger partial charge in [0.15, 0.2) is 5.82 Å². The number of alkyl halides is 3. The molecule has 4 rings (SSSR count). The van der Waals surface area contributed by atoms with Gasteiger partial charge in [0.25, 0.3) is 0 Å². The Hall–Kier alpha value is -2.30. The van der Waals surface area contributed by atoms with Gasteiger partial charge in [0.05, 0.1) is 23.6 Å². The second-order valence-electron chi connectivity index (χ2n) is 8.64. The van der Waals surface area contributed by atoms with E-state index < -0.39 is 41.7 Å². The van der Waals surface area contributed by atoms with Crippen LogP contribution in [0.1, 0.15) is 51.3 Å². The van der Waals surface area contributed by atoms with Gasteiger partial charge in [-0.25, -0.2) is 4.79 Å². The summed E-state index contributed by atoms with van der Waals surface area (Å²) in [6.07, 6.45) is -3.68. The Morgan fingerprint density at radius 2 is 2.07 bits per heavy atom. The van der Waals surface area contributed by atoms with Crippen LogP contribution in [0.25, 0.3) is 0 Å². The Kier molecular flexibility index (Phi) is 4.56. The molecule has 0 spiro atoms. The van der Waals surface area contributed by atoms with Crippen molar-refractivity contribution in [2.75, 3.05) is 11.9 Å². The monoisotopic (exact) mass is 416 g/mol. The van der Waals surface area contributed by atoms with E-state index in [1.165, 1.54) is 6.07 Å². The molecule has 1 saturated heterocycles. The fraction of sp³-hybridized carbons (Fsp3) is 0.722. The molecular formula is C18H23F3N4O4. The van der Waals surface area contributed by atoms with Crippen molar-refractivity contribution in [1.29, 1.82) is 0 Å². The van der Waals surface area contributed by atoms with Crippen LogP contribution in [0.4, 0.5) is 23.8 Å². The highest BCUT2D eigenvalue weighted by Crippen LogP contribution is 2.62. The van der Waals surface area contributed by atoms with Crippen molar-refractivity contribution < 1.29 is 32.2 Å². The maximum Gasteiger partial charge on any atom is 0.407 e. The summed E-state index contributed by atoms with van der Waals surface area (Å²) < 4.78 is 49.8. The molecule has 0 aromatic carbocycles. The number of nitrogens with one attached hydrogen (secondary N) is 3. The smallest absolute Gasteiger partial charge is 0.407 e. The van der Waals surface area contributed by atoms with Gasteiger partial charge < -0.3 is 20.1 Å². The van der Waals surface area contributed by atoms with Gasteiger partial charge >= 0.3 is 12.3 Å². The van der Waals surface area contributed by atoms with Gasteiger partial charge in [-0.2, -0.15) is 18.3 Å². The van der Waals surface area contributed by atoms with Crippen molar-refractivity contribution in [1.82, 2.24) is 15.5 Å². The lowest BCUT2D eigenvalue weighted by atomic mass is 10.1. The number of rotatable bonds is 5. The Bertz CT molecular complexity index is 822. The summed E-state index contributed by atoms with van der Waals surface area (Å²) in [6.45, 7) is 3.21. The van der Waals surface area contributed by atoms with Crippen LogP contribution in [-0.4, -0.2) is 46.6 Å². The number of carbonyl (C=O) groups is 2. The van der Waals surface area contributed by atoms with Crippen LogP contribution < -0.4 is 10.6 Å². The number of amides is 2. The molecule has 4 atom stereocenters. The molecule has 3 aliphatic rings. The number of alkyl carbamates (subject to hydrolysis) is 1. The zero-order valence-corrected chi connectivity index (χ0v) is 16.1. The minimum atomic E-state index is -4.42. The normalized spacial score (nSPS) is 32.5. The average molecular weight is 416 g/mol. The molecule has 1 aromatic heterocycles. The molecule has 2 aliphatic carbocycles. The topological polar surface area (TPSA) is 105 Å². The molecule has 0 unspecified atom stereocenters. The fourth-order valence-corrected chi connectivity index (χ4v) is 3.48. The molecule has 1 aliphatic heterocycles. The largest absolute Gasteiger partial charge is 0.444 e. The number of aromatic amines is 1. The first-order valence-corrected chi connectivity index (χ1v) is 9.52. The summed E-state index contributed by atoms with van der Waals surface area (Å²) in [6, 6.07) is 1.52. The SMILES string of the molecule is CC1(NC(=O)O[C@@H]2CO[C@H](c3cc(NC(=O)[C@H]4C[C@]4(C)C(F)(F)F)n[nH]3)C2)CC1. The number of aromatic nitrogens is 2. The van der Waals surface area contributed by atoms with Crippen molar-refractivity contribution in [3.05, 3.63) is 11.8 Å². The highest BCUT2D eigenvalue weighted by atomic mass is 19.4. The van der Waals surface area contributed by atoms with Crippen LogP contribution in [0.5, 0.6) is 0 Å². The Labute approximate surface area is 164 Å². The third-order valence-electron chi connectivity index (χ3n) is 6.03. The number of anilines is 1. The van der Waals surface area contributed by atoms with Gasteiger partial charge in [-0.05, 0) is 26.2 Å². The van der Waals surface area contributed by atoms with Crippen LogP contribution in [0.3, 0.4) is 0 Å². The van der Waals surface area contributed by atoms with Crippen molar-refractivity contribution in [3.63, 3.8) is 0 Å². The van der Waals surface area contributed by atoms with E-state index in [-0.39, 0.29) is 24.4 Å². The molecule has 1 aromatic rings.